The molecule has 3 aliphatic rings. The van der Waals surface area contributed by atoms with Gasteiger partial charge in [-0.3, -0.25) is 9.89 Å². The van der Waals surface area contributed by atoms with E-state index in [4.69, 9.17) is 14.5 Å². The van der Waals surface area contributed by atoms with Gasteiger partial charge in [-0.25, -0.2) is 0 Å². The second-order valence-electron chi connectivity index (χ2n) is 8.44. The Labute approximate surface area is 198 Å². The number of halogens is 1. The molecular weight excluding hydrogens is 499 g/mol. The van der Waals surface area contributed by atoms with Gasteiger partial charge in [0, 0.05) is 49.3 Å². The van der Waals surface area contributed by atoms with Crippen molar-refractivity contribution >= 4 is 41.7 Å². The fourth-order valence-electron chi connectivity index (χ4n) is 4.57. The van der Waals surface area contributed by atoms with E-state index in [1.807, 2.05) is 0 Å². The number of hydrogen-bond donors (Lipinski definition) is 2. The first-order chi connectivity index (χ1) is 13.7. The van der Waals surface area contributed by atoms with Crippen molar-refractivity contribution < 1.29 is 9.47 Å². The predicted molar refractivity (Wildman–Crippen MR) is 134 cm³/mol. The lowest BCUT2D eigenvalue weighted by Gasteiger charge is -2.47. The molecule has 29 heavy (non-hydrogen) atoms. The fraction of sp³-hybridized carbons (Fsp3) is 0.952. The molecule has 3 fully saturated rings. The van der Waals surface area contributed by atoms with Crippen LogP contribution in [0.4, 0.5) is 0 Å². The van der Waals surface area contributed by atoms with Crippen LogP contribution in [0.2, 0.25) is 0 Å². The molecule has 2 aliphatic heterocycles. The molecule has 2 atom stereocenters. The topological polar surface area (TPSA) is 58.1 Å². The summed E-state index contributed by atoms with van der Waals surface area (Å²) in [5.74, 6) is 3.46. The molecule has 3 rings (SSSR count). The van der Waals surface area contributed by atoms with Crippen LogP contribution in [0.1, 0.15) is 52.4 Å². The van der Waals surface area contributed by atoms with Crippen LogP contribution in [0.25, 0.3) is 0 Å². The quantitative estimate of drug-likeness (QED) is 0.281. The Bertz CT molecular complexity index is 479. The van der Waals surface area contributed by atoms with E-state index in [1.54, 1.807) is 0 Å². The van der Waals surface area contributed by atoms with E-state index in [9.17, 15) is 0 Å². The molecule has 6 nitrogen and oxygen atoms in total. The monoisotopic (exact) mass is 540 g/mol. The molecular formula is C21H41IN4O2S. The number of guanidine groups is 1. The van der Waals surface area contributed by atoms with Crippen molar-refractivity contribution in [2.24, 2.45) is 4.99 Å². The predicted octanol–water partition coefficient (Wildman–Crippen LogP) is 3.11. The van der Waals surface area contributed by atoms with Gasteiger partial charge in [0.2, 0.25) is 0 Å². The van der Waals surface area contributed by atoms with Gasteiger partial charge in [-0.1, -0.05) is 19.3 Å². The lowest BCUT2D eigenvalue weighted by atomic mass is 9.80. The average Bonchev–Trinajstić information content (AvgIpc) is 3.26. The molecule has 170 valence electrons. The third-order valence-corrected chi connectivity index (χ3v) is 7.14. The first-order valence-corrected chi connectivity index (χ1v) is 12.4. The first-order valence-electron chi connectivity index (χ1n) is 11.3. The number of rotatable bonds is 8. The second-order valence-corrected chi connectivity index (χ2v) is 9.67. The number of nitrogens with one attached hydrogen (secondary N) is 2. The summed E-state index contributed by atoms with van der Waals surface area (Å²) in [5.41, 5.74) is 0.266. The van der Waals surface area contributed by atoms with Crippen molar-refractivity contribution in [1.82, 2.24) is 15.5 Å². The highest BCUT2D eigenvalue weighted by Crippen LogP contribution is 2.35. The summed E-state index contributed by atoms with van der Waals surface area (Å²) in [5, 5.41) is 6.99. The molecule has 2 N–H and O–H groups in total. The van der Waals surface area contributed by atoms with Crippen LogP contribution in [-0.2, 0) is 9.47 Å². The van der Waals surface area contributed by atoms with Crippen LogP contribution in [0.3, 0.4) is 0 Å². The van der Waals surface area contributed by atoms with Gasteiger partial charge < -0.3 is 20.1 Å². The normalized spacial score (nSPS) is 26.6. The van der Waals surface area contributed by atoms with Gasteiger partial charge in [-0.2, -0.15) is 11.8 Å². The SMILES string of the molecule is CCNC(=NCC1(N2CCSCC2)CCCCC1)NC(C)COC1CCOC1.I. The van der Waals surface area contributed by atoms with Crippen molar-refractivity contribution in [3.05, 3.63) is 0 Å². The number of thioether (sulfide) groups is 1. The lowest BCUT2D eigenvalue weighted by molar-refractivity contribution is 0.0347. The maximum atomic E-state index is 5.97. The molecule has 2 heterocycles. The van der Waals surface area contributed by atoms with Crippen LogP contribution < -0.4 is 10.6 Å². The molecule has 2 unspecified atom stereocenters. The van der Waals surface area contributed by atoms with Gasteiger partial charge in [-0.15, -0.1) is 24.0 Å². The van der Waals surface area contributed by atoms with E-state index in [0.717, 1.165) is 38.7 Å². The van der Waals surface area contributed by atoms with Crippen molar-refractivity contribution in [2.45, 2.75) is 70.1 Å². The Kier molecular flexibility index (Phi) is 12.0. The van der Waals surface area contributed by atoms with E-state index >= 15 is 0 Å². The zero-order valence-electron chi connectivity index (χ0n) is 18.3. The largest absolute Gasteiger partial charge is 0.379 e. The van der Waals surface area contributed by atoms with Gasteiger partial charge >= 0.3 is 0 Å². The summed E-state index contributed by atoms with van der Waals surface area (Å²) in [6, 6.07) is 0.229. The third-order valence-electron chi connectivity index (χ3n) is 6.19. The maximum absolute atomic E-state index is 5.97. The fourth-order valence-corrected chi connectivity index (χ4v) is 5.47. The molecule has 1 aliphatic carbocycles. The van der Waals surface area contributed by atoms with E-state index in [1.165, 1.54) is 56.7 Å². The molecule has 8 heteroatoms. The van der Waals surface area contributed by atoms with Crippen LogP contribution >= 0.6 is 35.7 Å². The molecule has 0 bridgehead atoms. The van der Waals surface area contributed by atoms with Gasteiger partial charge in [0.15, 0.2) is 5.96 Å². The molecule has 0 aromatic heterocycles. The number of aliphatic imine (C=N–C) groups is 1. The van der Waals surface area contributed by atoms with E-state index < -0.39 is 0 Å². The Morgan fingerprint density at radius 2 is 2.03 bits per heavy atom. The molecule has 2 saturated heterocycles. The summed E-state index contributed by atoms with van der Waals surface area (Å²) in [6.45, 7) is 10.8. The Morgan fingerprint density at radius 1 is 1.28 bits per heavy atom. The number of ether oxygens (including phenoxy) is 2. The highest BCUT2D eigenvalue weighted by Gasteiger charge is 2.38. The van der Waals surface area contributed by atoms with Crippen molar-refractivity contribution in [3.63, 3.8) is 0 Å². The van der Waals surface area contributed by atoms with Gasteiger partial charge in [0.25, 0.3) is 0 Å². The zero-order chi connectivity index (χ0) is 19.7. The van der Waals surface area contributed by atoms with Gasteiger partial charge in [0.1, 0.15) is 0 Å². The standard InChI is InChI=1S/C21H40N4O2S.HI/c1-3-22-20(24-18(2)15-27-19-7-12-26-16-19)23-17-21(8-5-4-6-9-21)25-10-13-28-14-11-25;/h18-19H,3-17H2,1-2H3,(H2,22,23,24);1H. The van der Waals surface area contributed by atoms with Crippen LogP contribution in [0, 0.1) is 0 Å². The highest BCUT2D eigenvalue weighted by atomic mass is 127. The van der Waals surface area contributed by atoms with Crippen LogP contribution in [-0.4, -0.2) is 86.0 Å². The summed E-state index contributed by atoms with van der Waals surface area (Å²) in [4.78, 5) is 7.82. The minimum absolute atomic E-state index is 0. The van der Waals surface area contributed by atoms with Crippen molar-refractivity contribution in [1.29, 1.82) is 0 Å². The Morgan fingerprint density at radius 3 is 2.69 bits per heavy atom. The minimum atomic E-state index is 0. The lowest BCUT2D eigenvalue weighted by Crippen LogP contribution is -2.56. The maximum Gasteiger partial charge on any atom is 0.191 e. The smallest absolute Gasteiger partial charge is 0.191 e. The third kappa shape index (κ3) is 8.01. The first kappa shape index (κ1) is 25.5. The van der Waals surface area contributed by atoms with E-state index in [0.29, 0.717) is 6.61 Å². The highest BCUT2D eigenvalue weighted by molar-refractivity contribution is 14.0. The molecule has 1 saturated carbocycles. The number of nitrogens with zero attached hydrogens (tertiary/aromatic N) is 2. The van der Waals surface area contributed by atoms with Gasteiger partial charge in [0.05, 0.1) is 25.9 Å². The Hall–Kier alpha value is 0.230. The van der Waals surface area contributed by atoms with E-state index in [2.05, 4.69) is 41.1 Å². The summed E-state index contributed by atoms with van der Waals surface area (Å²) < 4.78 is 11.4. The van der Waals surface area contributed by atoms with Gasteiger partial charge in [-0.05, 0) is 33.1 Å². The zero-order valence-corrected chi connectivity index (χ0v) is 21.4. The van der Waals surface area contributed by atoms with E-state index in [-0.39, 0.29) is 41.7 Å². The second kappa shape index (κ2) is 13.6. The average molecular weight is 541 g/mol. The number of hydrogen-bond acceptors (Lipinski definition) is 5. The van der Waals surface area contributed by atoms with Crippen molar-refractivity contribution in [3.8, 4) is 0 Å². The van der Waals surface area contributed by atoms with Crippen LogP contribution in [0.15, 0.2) is 4.99 Å². The summed E-state index contributed by atoms with van der Waals surface area (Å²) in [6.07, 6.45) is 7.92. The Balaban J connectivity index is 0.00000300. The molecule has 0 aromatic carbocycles. The molecule has 0 radical (unpaired) electrons. The summed E-state index contributed by atoms with van der Waals surface area (Å²) in [7, 11) is 0. The minimum Gasteiger partial charge on any atom is -0.379 e. The molecule has 0 aromatic rings. The van der Waals surface area contributed by atoms with Crippen LogP contribution in [0.5, 0.6) is 0 Å². The molecule has 0 amide bonds. The molecule has 0 spiro atoms. The van der Waals surface area contributed by atoms with Crippen molar-refractivity contribution in [2.75, 3.05) is 57.5 Å². The summed E-state index contributed by atoms with van der Waals surface area (Å²) >= 11 is 2.09.